The van der Waals surface area contributed by atoms with Crippen LogP contribution >= 0.6 is 0 Å². The lowest BCUT2D eigenvalue weighted by Gasteiger charge is -2.18. The Bertz CT molecular complexity index is 969. The standard InChI is InChI=1S/C24H25N3O2/c1-18-7-6-10-20(15-18)24(29)26-22-13-11-21(12-14-22)25-16-23(28)27(2)17-19-8-4-3-5-9-19/h3-15,25H,16-17H2,1-2H3,(H,26,29). The molecule has 0 saturated carbocycles. The van der Waals surface area contributed by atoms with E-state index in [1.807, 2.05) is 79.7 Å². The number of rotatable bonds is 7. The van der Waals surface area contributed by atoms with Gasteiger partial charge < -0.3 is 15.5 Å². The van der Waals surface area contributed by atoms with Gasteiger partial charge in [-0.1, -0.05) is 48.0 Å². The highest BCUT2D eigenvalue weighted by Crippen LogP contribution is 2.15. The lowest BCUT2D eigenvalue weighted by atomic mass is 10.1. The van der Waals surface area contributed by atoms with Crippen molar-refractivity contribution in [3.8, 4) is 0 Å². The molecule has 0 atom stereocenters. The van der Waals surface area contributed by atoms with E-state index in [2.05, 4.69) is 10.6 Å². The molecule has 0 bridgehead atoms. The van der Waals surface area contributed by atoms with E-state index in [0.29, 0.717) is 17.8 Å². The van der Waals surface area contributed by atoms with Crippen LogP contribution in [0.5, 0.6) is 0 Å². The van der Waals surface area contributed by atoms with Gasteiger partial charge in [0, 0.05) is 30.5 Å². The minimum absolute atomic E-state index is 0.00526. The van der Waals surface area contributed by atoms with Crippen LogP contribution in [-0.4, -0.2) is 30.3 Å². The first-order valence-electron chi connectivity index (χ1n) is 9.51. The van der Waals surface area contributed by atoms with Gasteiger partial charge in [-0.15, -0.1) is 0 Å². The van der Waals surface area contributed by atoms with Gasteiger partial charge in [0.1, 0.15) is 0 Å². The van der Waals surface area contributed by atoms with E-state index in [-0.39, 0.29) is 18.4 Å². The molecule has 0 aliphatic carbocycles. The van der Waals surface area contributed by atoms with Gasteiger partial charge in [-0.25, -0.2) is 0 Å². The number of aryl methyl sites for hydroxylation is 1. The summed E-state index contributed by atoms with van der Waals surface area (Å²) in [5, 5.41) is 6.01. The molecule has 0 fully saturated rings. The molecule has 0 saturated heterocycles. The first kappa shape index (κ1) is 20.1. The SMILES string of the molecule is Cc1cccc(C(=O)Nc2ccc(NCC(=O)N(C)Cc3ccccc3)cc2)c1. The molecule has 29 heavy (non-hydrogen) atoms. The van der Waals surface area contributed by atoms with Crippen LogP contribution in [0.2, 0.25) is 0 Å². The molecular weight excluding hydrogens is 362 g/mol. The Balaban J connectivity index is 1.50. The predicted octanol–water partition coefficient (Wildman–Crippen LogP) is 4.32. The largest absolute Gasteiger partial charge is 0.376 e. The van der Waals surface area contributed by atoms with Crippen LogP contribution in [0.15, 0.2) is 78.9 Å². The van der Waals surface area contributed by atoms with Crippen molar-refractivity contribution in [2.75, 3.05) is 24.2 Å². The Morgan fingerprint density at radius 3 is 2.24 bits per heavy atom. The summed E-state index contributed by atoms with van der Waals surface area (Å²) in [6, 6.07) is 24.7. The minimum Gasteiger partial charge on any atom is -0.376 e. The van der Waals surface area contributed by atoms with Gasteiger partial charge in [-0.3, -0.25) is 9.59 Å². The summed E-state index contributed by atoms with van der Waals surface area (Å²) in [5.74, 6) is -0.141. The van der Waals surface area contributed by atoms with Crippen LogP contribution in [-0.2, 0) is 11.3 Å². The first-order valence-corrected chi connectivity index (χ1v) is 9.51. The van der Waals surface area contributed by atoms with E-state index in [4.69, 9.17) is 0 Å². The van der Waals surface area contributed by atoms with Crippen LogP contribution in [0.4, 0.5) is 11.4 Å². The fourth-order valence-electron chi connectivity index (χ4n) is 2.92. The molecule has 0 unspecified atom stereocenters. The molecule has 2 N–H and O–H groups in total. The van der Waals surface area contributed by atoms with Gasteiger partial charge >= 0.3 is 0 Å². The molecule has 3 aromatic carbocycles. The third-order valence-electron chi connectivity index (χ3n) is 4.56. The quantitative estimate of drug-likeness (QED) is 0.635. The fourth-order valence-corrected chi connectivity index (χ4v) is 2.92. The van der Waals surface area contributed by atoms with Crippen LogP contribution in [0.1, 0.15) is 21.5 Å². The number of nitrogens with zero attached hydrogens (tertiary/aromatic N) is 1. The molecule has 3 rings (SSSR count). The number of likely N-dealkylation sites (N-methyl/N-ethyl adjacent to an activating group) is 1. The average Bonchev–Trinajstić information content (AvgIpc) is 2.73. The molecular formula is C24H25N3O2. The van der Waals surface area contributed by atoms with Gasteiger partial charge in [-0.05, 0) is 48.9 Å². The van der Waals surface area contributed by atoms with Crippen molar-refractivity contribution >= 4 is 23.2 Å². The van der Waals surface area contributed by atoms with E-state index in [1.54, 1.807) is 18.0 Å². The Hall–Kier alpha value is -3.60. The molecule has 0 heterocycles. The van der Waals surface area contributed by atoms with Crippen molar-refractivity contribution in [2.45, 2.75) is 13.5 Å². The Labute approximate surface area is 171 Å². The molecule has 5 nitrogen and oxygen atoms in total. The molecule has 0 aromatic heterocycles. The molecule has 0 radical (unpaired) electrons. The second-order valence-electron chi connectivity index (χ2n) is 6.99. The average molecular weight is 387 g/mol. The highest BCUT2D eigenvalue weighted by Gasteiger charge is 2.09. The van der Waals surface area contributed by atoms with Crippen molar-refractivity contribution in [1.29, 1.82) is 0 Å². The molecule has 3 aromatic rings. The number of carbonyl (C=O) groups excluding carboxylic acids is 2. The lowest BCUT2D eigenvalue weighted by Crippen LogP contribution is -2.31. The van der Waals surface area contributed by atoms with Crippen molar-refractivity contribution in [3.05, 3.63) is 95.6 Å². The Morgan fingerprint density at radius 1 is 0.862 bits per heavy atom. The van der Waals surface area contributed by atoms with Crippen molar-refractivity contribution < 1.29 is 9.59 Å². The topological polar surface area (TPSA) is 61.4 Å². The third-order valence-corrected chi connectivity index (χ3v) is 4.56. The monoisotopic (exact) mass is 387 g/mol. The zero-order valence-corrected chi connectivity index (χ0v) is 16.7. The molecule has 0 aliphatic heterocycles. The smallest absolute Gasteiger partial charge is 0.255 e. The second-order valence-corrected chi connectivity index (χ2v) is 6.99. The zero-order chi connectivity index (χ0) is 20.6. The maximum absolute atomic E-state index is 12.3. The minimum atomic E-state index is -0.146. The number of hydrogen-bond acceptors (Lipinski definition) is 3. The number of carbonyl (C=O) groups is 2. The zero-order valence-electron chi connectivity index (χ0n) is 16.7. The summed E-state index contributed by atoms with van der Waals surface area (Å²) in [7, 11) is 1.79. The number of hydrogen-bond donors (Lipinski definition) is 2. The number of benzene rings is 3. The third kappa shape index (κ3) is 5.94. The van der Waals surface area contributed by atoms with E-state index in [1.165, 1.54) is 0 Å². The molecule has 0 aliphatic rings. The normalized spacial score (nSPS) is 10.3. The molecule has 0 spiro atoms. The van der Waals surface area contributed by atoms with Crippen LogP contribution in [0.25, 0.3) is 0 Å². The number of anilines is 2. The molecule has 5 heteroatoms. The van der Waals surface area contributed by atoms with Gasteiger partial charge in [0.15, 0.2) is 0 Å². The maximum atomic E-state index is 12.3. The summed E-state index contributed by atoms with van der Waals surface area (Å²) < 4.78 is 0. The number of amides is 2. The lowest BCUT2D eigenvalue weighted by molar-refractivity contribution is -0.128. The van der Waals surface area contributed by atoms with E-state index in [0.717, 1.165) is 16.8 Å². The van der Waals surface area contributed by atoms with Crippen LogP contribution < -0.4 is 10.6 Å². The van der Waals surface area contributed by atoms with Gasteiger partial charge in [0.05, 0.1) is 6.54 Å². The second kappa shape index (κ2) is 9.55. The summed E-state index contributed by atoms with van der Waals surface area (Å²) in [6.07, 6.45) is 0. The summed E-state index contributed by atoms with van der Waals surface area (Å²) in [6.45, 7) is 2.74. The maximum Gasteiger partial charge on any atom is 0.255 e. The highest BCUT2D eigenvalue weighted by atomic mass is 16.2. The summed E-state index contributed by atoms with van der Waals surface area (Å²) in [4.78, 5) is 26.3. The highest BCUT2D eigenvalue weighted by molar-refractivity contribution is 6.04. The predicted molar refractivity (Wildman–Crippen MR) is 117 cm³/mol. The first-order chi connectivity index (χ1) is 14.0. The fraction of sp³-hybridized carbons (Fsp3) is 0.167. The molecule has 148 valence electrons. The number of nitrogens with one attached hydrogen (secondary N) is 2. The van der Waals surface area contributed by atoms with Gasteiger partial charge in [0.2, 0.25) is 5.91 Å². The van der Waals surface area contributed by atoms with Crippen LogP contribution in [0, 0.1) is 6.92 Å². The van der Waals surface area contributed by atoms with Gasteiger partial charge in [0.25, 0.3) is 5.91 Å². The molecule has 2 amide bonds. The Kier molecular flexibility index (Phi) is 6.63. The van der Waals surface area contributed by atoms with Crippen LogP contribution in [0.3, 0.4) is 0 Å². The van der Waals surface area contributed by atoms with E-state index < -0.39 is 0 Å². The van der Waals surface area contributed by atoms with E-state index >= 15 is 0 Å². The van der Waals surface area contributed by atoms with Gasteiger partial charge in [-0.2, -0.15) is 0 Å². The summed E-state index contributed by atoms with van der Waals surface area (Å²) in [5.41, 5.74) is 4.28. The van der Waals surface area contributed by atoms with E-state index in [9.17, 15) is 9.59 Å². The summed E-state index contributed by atoms with van der Waals surface area (Å²) >= 11 is 0. The van der Waals surface area contributed by atoms with Crippen molar-refractivity contribution in [1.82, 2.24) is 4.90 Å². The van der Waals surface area contributed by atoms with Crippen molar-refractivity contribution in [3.63, 3.8) is 0 Å². The van der Waals surface area contributed by atoms with Crippen molar-refractivity contribution in [2.24, 2.45) is 0 Å². The Morgan fingerprint density at radius 2 is 1.55 bits per heavy atom.